The topological polar surface area (TPSA) is 12.9 Å². The summed E-state index contributed by atoms with van der Waals surface area (Å²) in [6.45, 7) is 30.3. The zero-order chi connectivity index (χ0) is 19.1. The molecule has 0 atom stereocenters. The molecule has 0 aromatic carbocycles. The van der Waals surface area contributed by atoms with Crippen LogP contribution < -0.4 is 0 Å². The lowest BCUT2D eigenvalue weighted by Crippen LogP contribution is -2.48. The molecule has 138 valence electrons. The standard InChI is InChI=1S/C19H41NSi4/c1-21(2,3)18(22(4,5)6)16-14-13-15-17(20-16)19(23(7,8)9)24(10,11)12/h13-15,18-19H,1-12H3. The molecule has 1 aromatic rings. The first-order valence-corrected chi connectivity index (χ1v) is 23.7. The van der Waals surface area contributed by atoms with E-state index in [2.05, 4.69) is 96.8 Å². The van der Waals surface area contributed by atoms with E-state index in [1.54, 1.807) is 0 Å². The van der Waals surface area contributed by atoms with E-state index in [4.69, 9.17) is 4.98 Å². The number of pyridine rings is 1. The molecule has 0 aliphatic heterocycles. The predicted octanol–water partition coefficient (Wildman–Crippen LogP) is 6.76. The molecular weight excluding hydrogens is 355 g/mol. The van der Waals surface area contributed by atoms with Crippen LogP contribution in [0.3, 0.4) is 0 Å². The summed E-state index contributed by atoms with van der Waals surface area (Å²) in [6.07, 6.45) is 0. The normalized spacial score (nSPS) is 14.6. The first-order valence-electron chi connectivity index (χ1n) is 9.42. The molecule has 0 unspecified atom stereocenters. The lowest BCUT2D eigenvalue weighted by molar-refractivity contribution is 0.984. The monoisotopic (exact) mass is 395 g/mol. The van der Waals surface area contributed by atoms with Crippen molar-refractivity contribution in [3.8, 4) is 0 Å². The van der Waals surface area contributed by atoms with Crippen molar-refractivity contribution in [1.82, 2.24) is 4.98 Å². The van der Waals surface area contributed by atoms with Crippen molar-refractivity contribution in [3.05, 3.63) is 29.6 Å². The second kappa shape index (κ2) is 6.97. The summed E-state index contributed by atoms with van der Waals surface area (Å²) in [5.41, 5.74) is 2.82. The molecular formula is C19H41NSi4. The van der Waals surface area contributed by atoms with Crippen LogP contribution in [0.25, 0.3) is 0 Å². The van der Waals surface area contributed by atoms with Gasteiger partial charge in [0, 0.05) is 11.4 Å². The van der Waals surface area contributed by atoms with E-state index in [1.807, 2.05) is 0 Å². The number of nitrogens with zero attached hydrogens (tertiary/aromatic N) is 1. The van der Waals surface area contributed by atoms with Gasteiger partial charge in [-0.3, -0.25) is 4.98 Å². The highest BCUT2D eigenvalue weighted by atomic mass is 28.4. The van der Waals surface area contributed by atoms with Gasteiger partial charge in [0.05, 0.1) is 32.3 Å². The Bertz CT molecular complexity index is 481. The summed E-state index contributed by atoms with van der Waals surface area (Å²) in [5.74, 6) is 0. The van der Waals surface area contributed by atoms with Gasteiger partial charge in [-0.05, 0) is 22.5 Å². The first kappa shape index (κ1) is 22.1. The molecule has 1 nitrogen and oxygen atoms in total. The fourth-order valence-electron chi connectivity index (χ4n) is 5.16. The van der Waals surface area contributed by atoms with E-state index in [0.717, 1.165) is 10.3 Å². The second-order valence-corrected chi connectivity index (χ2v) is 34.2. The van der Waals surface area contributed by atoms with Gasteiger partial charge in [0.25, 0.3) is 0 Å². The maximum Gasteiger partial charge on any atom is 0.0513 e. The van der Waals surface area contributed by atoms with Gasteiger partial charge >= 0.3 is 0 Å². The molecule has 0 spiro atoms. The molecule has 0 aliphatic rings. The summed E-state index contributed by atoms with van der Waals surface area (Å²) in [4.78, 5) is 5.38. The van der Waals surface area contributed by atoms with Crippen LogP contribution >= 0.6 is 0 Å². The highest BCUT2D eigenvalue weighted by Gasteiger charge is 2.42. The van der Waals surface area contributed by atoms with Crippen LogP contribution in [-0.4, -0.2) is 37.3 Å². The molecule has 0 bridgehead atoms. The third-order valence-corrected chi connectivity index (χ3v) is 23.4. The van der Waals surface area contributed by atoms with Crippen molar-refractivity contribution >= 4 is 32.3 Å². The minimum Gasteiger partial charge on any atom is -0.259 e. The van der Waals surface area contributed by atoms with Crippen LogP contribution in [0.1, 0.15) is 21.7 Å². The Hall–Kier alpha value is 0.0175. The lowest BCUT2D eigenvalue weighted by atomic mass is 10.3. The van der Waals surface area contributed by atoms with Crippen molar-refractivity contribution in [2.75, 3.05) is 0 Å². The fourth-order valence-corrected chi connectivity index (χ4v) is 30.1. The average Bonchev–Trinajstić information content (AvgIpc) is 2.20. The maximum atomic E-state index is 5.38. The average molecular weight is 396 g/mol. The number of hydrogen-bond donors (Lipinski definition) is 0. The van der Waals surface area contributed by atoms with Crippen LogP contribution in [0, 0.1) is 0 Å². The van der Waals surface area contributed by atoms with Gasteiger partial charge in [0.15, 0.2) is 0 Å². The Morgan fingerprint density at radius 2 is 0.792 bits per heavy atom. The Morgan fingerprint density at radius 3 is 1.00 bits per heavy atom. The summed E-state index contributed by atoms with van der Waals surface area (Å²) in [6, 6.07) is 6.96. The van der Waals surface area contributed by atoms with Gasteiger partial charge in [-0.15, -0.1) is 0 Å². The number of aromatic nitrogens is 1. The minimum atomic E-state index is -1.29. The molecule has 1 aromatic heterocycles. The van der Waals surface area contributed by atoms with E-state index >= 15 is 0 Å². The molecule has 24 heavy (non-hydrogen) atoms. The van der Waals surface area contributed by atoms with Gasteiger partial charge in [0.2, 0.25) is 0 Å². The zero-order valence-electron chi connectivity index (χ0n) is 18.3. The molecule has 0 aliphatic carbocycles. The van der Waals surface area contributed by atoms with E-state index in [1.165, 1.54) is 11.4 Å². The Labute approximate surface area is 155 Å². The summed E-state index contributed by atoms with van der Waals surface area (Å²) in [7, 11) is -5.16. The van der Waals surface area contributed by atoms with E-state index in [9.17, 15) is 0 Å². The number of rotatable bonds is 6. The highest BCUT2D eigenvalue weighted by molar-refractivity contribution is 6.96. The van der Waals surface area contributed by atoms with Crippen LogP contribution in [0.4, 0.5) is 0 Å². The van der Waals surface area contributed by atoms with Crippen LogP contribution in [0.5, 0.6) is 0 Å². The summed E-state index contributed by atoms with van der Waals surface area (Å²) in [5, 5.41) is 1.46. The van der Waals surface area contributed by atoms with Gasteiger partial charge in [-0.25, -0.2) is 0 Å². The molecule has 5 heteroatoms. The van der Waals surface area contributed by atoms with Crippen molar-refractivity contribution in [1.29, 1.82) is 0 Å². The highest BCUT2D eigenvalue weighted by Crippen LogP contribution is 2.38. The van der Waals surface area contributed by atoms with Crippen molar-refractivity contribution in [2.45, 2.75) is 88.9 Å². The van der Waals surface area contributed by atoms with E-state index < -0.39 is 32.3 Å². The van der Waals surface area contributed by atoms with Gasteiger partial charge < -0.3 is 0 Å². The molecule has 0 fully saturated rings. The van der Waals surface area contributed by atoms with E-state index in [0.29, 0.717) is 0 Å². The van der Waals surface area contributed by atoms with Crippen molar-refractivity contribution in [2.24, 2.45) is 0 Å². The summed E-state index contributed by atoms with van der Waals surface area (Å²) >= 11 is 0. The largest absolute Gasteiger partial charge is 0.259 e. The van der Waals surface area contributed by atoms with Crippen molar-refractivity contribution < 1.29 is 0 Å². The van der Waals surface area contributed by atoms with Gasteiger partial charge in [-0.2, -0.15) is 0 Å². The minimum absolute atomic E-state index is 0.730. The Morgan fingerprint density at radius 1 is 0.542 bits per heavy atom. The Balaban J connectivity index is 3.51. The van der Waals surface area contributed by atoms with Crippen LogP contribution in [0.2, 0.25) is 78.6 Å². The molecule has 0 amide bonds. The molecule has 0 saturated heterocycles. The van der Waals surface area contributed by atoms with Gasteiger partial charge in [-0.1, -0.05) is 84.6 Å². The Kier molecular flexibility index (Phi) is 6.40. The molecule has 1 heterocycles. The van der Waals surface area contributed by atoms with Crippen LogP contribution in [0.15, 0.2) is 18.2 Å². The SMILES string of the molecule is C[Si](C)(C)C(c1cccc(C([Si](C)(C)C)[Si](C)(C)C)n1)[Si](C)(C)C. The third-order valence-electron chi connectivity index (χ3n) is 4.85. The van der Waals surface area contributed by atoms with Crippen LogP contribution in [-0.2, 0) is 0 Å². The molecule has 0 saturated carbocycles. The predicted molar refractivity (Wildman–Crippen MR) is 123 cm³/mol. The van der Waals surface area contributed by atoms with Gasteiger partial charge in [0.1, 0.15) is 0 Å². The quantitative estimate of drug-likeness (QED) is 0.485. The molecule has 1 rings (SSSR count). The van der Waals surface area contributed by atoms with E-state index in [-0.39, 0.29) is 0 Å². The molecule has 0 N–H and O–H groups in total. The molecule has 0 radical (unpaired) electrons. The fraction of sp³-hybridized carbons (Fsp3) is 0.737. The number of hydrogen-bond acceptors (Lipinski definition) is 1. The maximum absolute atomic E-state index is 5.38. The first-order chi connectivity index (χ1) is 10.5. The third kappa shape index (κ3) is 5.51. The second-order valence-electron chi connectivity index (χ2n) is 11.8. The van der Waals surface area contributed by atoms with Crippen molar-refractivity contribution in [3.63, 3.8) is 0 Å². The zero-order valence-corrected chi connectivity index (χ0v) is 22.3. The summed E-state index contributed by atoms with van der Waals surface area (Å²) < 4.78 is 0. The lowest BCUT2D eigenvalue weighted by Gasteiger charge is -2.40. The smallest absolute Gasteiger partial charge is 0.0513 e.